The lowest BCUT2D eigenvalue weighted by Crippen LogP contribution is -2.29. The van der Waals surface area contributed by atoms with Crippen LogP contribution < -0.4 is 0 Å². The first-order valence-electron chi connectivity index (χ1n) is 10.9. The molecule has 0 aliphatic heterocycles. The number of aromatic nitrogens is 1. The van der Waals surface area contributed by atoms with Crippen LogP contribution in [0.15, 0.2) is 45.1 Å². The Kier molecular flexibility index (Phi) is 5.97. The average Bonchev–Trinajstić information content (AvgIpc) is 3.15. The van der Waals surface area contributed by atoms with Gasteiger partial charge in [-0.15, -0.1) is 0 Å². The minimum absolute atomic E-state index is 0.00101. The molecule has 0 amide bonds. The lowest BCUT2D eigenvalue weighted by molar-refractivity contribution is -0.384. The Morgan fingerprint density at radius 1 is 1.18 bits per heavy atom. The maximum Gasteiger partial charge on any atom is 0.269 e. The number of nitro benzene ring substituents is 1. The number of non-ortho nitro benzene ring substituents is 1. The molecule has 0 radical (unpaired) electrons. The largest absolute Gasteiger partial charge is 0.511 e. The smallest absolute Gasteiger partial charge is 0.269 e. The number of aliphatic hydroxyl groups is 1. The quantitative estimate of drug-likeness (QED) is 0.370. The van der Waals surface area contributed by atoms with Crippen molar-refractivity contribution in [1.82, 2.24) is 5.16 Å². The van der Waals surface area contributed by atoms with Crippen LogP contribution in [-0.4, -0.2) is 32.5 Å². The predicted molar refractivity (Wildman–Crippen MR) is 120 cm³/mol. The summed E-state index contributed by atoms with van der Waals surface area (Å²) in [5.41, 5.74) is 1.58. The highest BCUT2D eigenvalue weighted by molar-refractivity contribution is 6.23. The predicted octanol–water partition coefficient (Wildman–Crippen LogP) is 5.01. The summed E-state index contributed by atoms with van der Waals surface area (Å²) < 4.78 is 5.36. The van der Waals surface area contributed by atoms with Gasteiger partial charge in [0.25, 0.3) is 5.69 Å². The summed E-state index contributed by atoms with van der Waals surface area (Å²) in [6.07, 6.45) is 3.01. The SMILES string of the molecule is CC1(C)CC(=O)C(C(CCc2noc3c2C(=O)CCC3)=Nc2ccc([N+](=O)[O-])cc2)=C(O)C1. The number of aliphatic imine (C=N–C) groups is 1. The van der Waals surface area contributed by atoms with Crippen molar-refractivity contribution in [2.24, 2.45) is 10.4 Å². The number of fused-ring (bicyclic) bond motifs is 1. The van der Waals surface area contributed by atoms with Crippen molar-refractivity contribution >= 4 is 28.7 Å². The number of nitro groups is 1. The number of nitrogens with zero attached hydrogens (tertiary/aromatic N) is 3. The third kappa shape index (κ3) is 4.76. The molecule has 0 bridgehead atoms. The van der Waals surface area contributed by atoms with Crippen LogP contribution in [0.4, 0.5) is 11.4 Å². The number of rotatable bonds is 6. The maximum atomic E-state index is 13.0. The number of benzene rings is 1. The Balaban J connectivity index is 1.69. The van der Waals surface area contributed by atoms with Crippen LogP contribution >= 0.6 is 0 Å². The first-order valence-corrected chi connectivity index (χ1v) is 10.9. The van der Waals surface area contributed by atoms with Crippen LogP contribution in [0.3, 0.4) is 0 Å². The van der Waals surface area contributed by atoms with Crippen molar-refractivity contribution in [1.29, 1.82) is 0 Å². The van der Waals surface area contributed by atoms with Crippen molar-refractivity contribution in [2.75, 3.05) is 0 Å². The number of hydrogen-bond acceptors (Lipinski definition) is 8. The van der Waals surface area contributed by atoms with E-state index in [4.69, 9.17) is 4.52 Å². The van der Waals surface area contributed by atoms with Gasteiger partial charge < -0.3 is 9.63 Å². The fourth-order valence-electron chi connectivity index (χ4n) is 4.45. The summed E-state index contributed by atoms with van der Waals surface area (Å²) in [6.45, 7) is 3.83. The molecule has 0 atom stereocenters. The highest BCUT2D eigenvalue weighted by Crippen LogP contribution is 2.37. The number of Topliss-reactive ketones (excluding diaryl/α,β-unsaturated/α-hetero) is 2. The molecule has 0 saturated carbocycles. The Morgan fingerprint density at radius 2 is 1.91 bits per heavy atom. The Bertz CT molecular complexity index is 1190. The number of ketones is 2. The second-order valence-corrected chi connectivity index (χ2v) is 9.30. The number of carbonyl (C=O) groups is 2. The molecule has 172 valence electrons. The lowest BCUT2D eigenvalue weighted by Gasteiger charge is -2.30. The van der Waals surface area contributed by atoms with Crippen LogP contribution in [-0.2, 0) is 17.6 Å². The van der Waals surface area contributed by atoms with E-state index in [1.807, 2.05) is 13.8 Å². The molecule has 1 N–H and O–H groups in total. The molecule has 0 fully saturated rings. The van der Waals surface area contributed by atoms with Gasteiger partial charge in [0.1, 0.15) is 11.5 Å². The molecule has 9 heteroatoms. The summed E-state index contributed by atoms with van der Waals surface area (Å²) in [4.78, 5) is 40.4. The van der Waals surface area contributed by atoms with Crippen LogP contribution in [0.5, 0.6) is 0 Å². The van der Waals surface area contributed by atoms with Gasteiger partial charge in [0, 0.05) is 37.8 Å². The van der Waals surface area contributed by atoms with E-state index >= 15 is 0 Å². The average molecular weight is 451 g/mol. The highest BCUT2D eigenvalue weighted by Gasteiger charge is 2.35. The zero-order valence-electron chi connectivity index (χ0n) is 18.6. The van der Waals surface area contributed by atoms with E-state index in [9.17, 15) is 24.8 Å². The van der Waals surface area contributed by atoms with Gasteiger partial charge in [-0.25, -0.2) is 0 Å². The van der Waals surface area contributed by atoms with Gasteiger partial charge in [-0.2, -0.15) is 0 Å². The standard InChI is InChI=1S/C24H25N3O6/c1-24(2)12-19(29)22(20(30)13-24)16(25-14-6-8-15(9-7-14)27(31)32)10-11-17-23-18(28)4-3-5-21(23)33-26-17/h6-9,29H,3-5,10-13H2,1-2H3. The minimum Gasteiger partial charge on any atom is -0.511 e. The number of allylic oxidation sites excluding steroid dienone is 2. The molecule has 1 aromatic carbocycles. The second-order valence-electron chi connectivity index (χ2n) is 9.30. The molecule has 9 nitrogen and oxygen atoms in total. The zero-order chi connectivity index (χ0) is 23.8. The van der Waals surface area contributed by atoms with Crippen LogP contribution in [0.2, 0.25) is 0 Å². The van der Waals surface area contributed by atoms with Crippen LogP contribution in [0.1, 0.15) is 67.8 Å². The number of aliphatic hydroxyl groups excluding tert-OH is 1. The summed E-state index contributed by atoms with van der Waals surface area (Å²) in [5.74, 6) is 0.365. The Hall–Kier alpha value is -3.62. The van der Waals surface area contributed by atoms with Crippen molar-refractivity contribution in [3.05, 3.63) is 62.7 Å². The van der Waals surface area contributed by atoms with E-state index in [0.717, 1.165) is 6.42 Å². The van der Waals surface area contributed by atoms with Crippen molar-refractivity contribution in [2.45, 2.75) is 58.8 Å². The van der Waals surface area contributed by atoms with Gasteiger partial charge in [-0.1, -0.05) is 19.0 Å². The summed E-state index contributed by atoms with van der Waals surface area (Å²) in [6, 6.07) is 5.66. The fourth-order valence-corrected chi connectivity index (χ4v) is 4.45. The summed E-state index contributed by atoms with van der Waals surface area (Å²) in [7, 11) is 0. The molecule has 1 aromatic heterocycles. The van der Waals surface area contributed by atoms with E-state index in [1.54, 1.807) is 0 Å². The van der Waals surface area contributed by atoms with Gasteiger partial charge in [0.2, 0.25) is 0 Å². The summed E-state index contributed by atoms with van der Waals surface area (Å²) >= 11 is 0. The van der Waals surface area contributed by atoms with Crippen LogP contribution in [0, 0.1) is 15.5 Å². The van der Waals surface area contributed by atoms with Crippen molar-refractivity contribution in [3.63, 3.8) is 0 Å². The molecule has 4 rings (SSSR count). The number of carbonyl (C=O) groups excluding carboxylic acids is 2. The molecular weight excluding hydrogens is 426 g/mol. The van der Waals surface area contributed by atoms with Gasteiger partial charge >= 0.3 is 0 Å². The van der Waals surface area contributed by atoms with E-state index < -0.39 is 4.92 Å². The minimum atomic E-state index is -0.500. The van der Waals surface area contributed by atoms with Crippen LogP contribution in [0.25, 0.3) is 0 Å². The van der Waals surface area contributed by atoms with E-state index in [2.05, 4.69) is 10.1 Å². The number of aryl methyl sites for hydroxylation is 2. The molecule has 0 unspecified atom stereocenters. The van der Waals surface area contributed by atoms with E-state index in [1.165, 1.54) is 24.3 Å². The maximum absolute atomic E-state index is 13.0. The Labute approximate surface area is 190 Å². The number of hydrogen-bond donors (Lipinski definition) is 1. The third-order valence-electron chi connectivity index (χ3n) is 5.98. The molecule has 0 saturated heterocycles. The molecule has 1 heterocycles. The zero-order valence-corrected chi connectivity index (χ0v) is 18.6. The molecule has 2 aromatic rings. The summed E-state index contributed by atoms with van der Waals surface area (Å²) in [5, 5.41) is 25.8. The van der Waals surface area contributed by atoms with Crippen molar-refractivity contribution in [3.8, 4) is 0 Å². The van der Waals surface area contributed by atoms with Gasteiger partial charge in [0.05, 0.1) is 33.2 Å². The highest BCUT2D eigenvalue weighted by atomic mass is 16.6. The van der Waals surface area contributed by atoms with Gasteiger partial charge in [-0.05, 0) is 36.8 Å². The first-order chi connectivity index (χ1) is 15.6. The fraction of sp³-hybridized carbons (Fsp3) is 0.417. The van der Waals surface area contributed by atoms with Gasteiger partial charge in [0.15, 0.2) is 11.6 Å². The first kappa shape index (κ1) is 22.6. The molecule has 33 heavy (non-hydrogen) atoms. The molecular formula is C24H25N3O6. The molecule has 2 aliphatic rings. The normalized spacial score (nSPS) is 18.4. The second kappa shape index (κ2) is 8.73. The monoisotopic (exact) mass is 451 g/mol. The lowest BCUT2D eigenvalue weighted by atomic mass is 9.75. The van der Waals surface area contributed by atoms with Gasteiger partial charge in [-0.3, -0.25) is 24.7 Å². The molecule has 0 spiro atoms. The van der Waals surface area contributed by atoms with E-state index in [0.29, 0.717) is 54.1 Å². The van der Waals surface area contributed by atoms with Crippen molar-refractivity contribution < 1.29 is 24.1 Å². The third-order valence-corrected chi connectivity index (χ3v) is 5.98. The topological polar surface area (TPSA) is 136 Å². The van der Waals surface area contributed by atoms with E-state index in [-0.39, 0.29) is 46.8 Å². The molecule has 2 aliphatic carbocycles. The Morgan fingerprint density at radius 3 is 2.58 bits per heavy atom.